The fraction of sp³-hybridized carbons (Fsp3) is 0.540. The van der Waals surface area contributed by atoms with Gasteiger partial charge in [0.15, 0.2) is 11.5 Å². The molecule has 0 atom stereocenters. The molecule has 610 valence electrons. The number of pyridine rings is 1. The van der Waals surface area contributed by atoms with Gasteiger partial charge in [0.25, 0.3) is 5.91 Å². The molecule has 10 aromatic rings. The second-order valence-corrected chi connectivity index (χ2v) is 33.3. The van der Waals surface area contributed by atoms with E-state index in [4.69, 9.17) is 18.5 Å². The van der Waals surface area contributed by atoms with Crippen LogP contribution in [0.25, 0.3) is 5.70 Å². The number of halogens is 1. The molecule has 2 saturated heterocycles. The number of amides is 1. The summed E-state index contributed by atoms with van der Waals surface area (Å²) in [6.07, 6.45) is 17.6. The number of carbonyl (C=O) groups excluding carboxylic acids is 1. The Bertz CT molecular complexity index is 4120. The Kier molecular flexibility index (Phi) is 41.1. The standard InChI is InChI=1S/C13H20N2O2.C13H16N2.C12H21N3O.C10H16N2O2.C9H11F.C8H16N4.C8H14N2.C8H11N.C6H9NS/c1-10(15-5-7-16-8-6-15)11-9-12(17-14-11)13(2,3)4;1-11(2)13-8-14-15(10-13)9-12-6-4-3-5-7-12;1-11(2)12-9-13-15(10-12)4-3-14-5-7-16-8-6-14;1-10(2,3)8-6-7(11-14-8)9(13)12(4)5;1-7(2)8-4-3-5-9(10)6-8;1-7(2)12-6-9-8(10-12)5-11(3)4;1-6(2)8-7(3)5-10(4)9-8;1-7(2)8-4-3-5-9-6-8;1-5(2)6-7-3-4-8-6/h9H,1,5-8H2,2-4H3;3-8,10-11H,9H2,1-2H3;9-11H,3-8H2,1-2H3;6H,1-5H3;3-7H,1-2H3;6-7H,5H2,1-4H3;5-6H,1-4H3;3-7H,1-2H3;3-5H,1-2H3. The largest absolute Gasteiger partial charge is 0.379 e. The van der Waals surface area contributed by atoms with Crippen LogP contribution in [0.2, 0.25) is 0 Å². The van der Waals surface area contributed by atoms with Gasteiger partial charge in [0.1, 0.15) is 29.4 Å². The third-order valence-corrected chi connectivity index (χ3v) is 18.4. The van der Waals surface area contributed by atoms with Crippen LogP contribution in [0.5, 0.6) is 0 Å². The number of hydrogen-bond acceptors (Lipinski definition) is 18. The number of rotatable bonds is 17. The summed E-state index contributed by atoms with van der Waals surface area (Å²) in [7, 11) is 9.35. The average molecular weight is 1550 g/mol. The monoisotopic (exact) mass is 1550 g/mol. The summed E-state index contributed by atoms with van der Waals surface area (Å²) >= 11 is 1.72. The smallest absolute Gasteiger partial charge is 0.275 e. The van der Waals surface area contributed by atoms with Crippen molar-refractivity contribution < 1.29 is 27.7 Å². The quantitative estimate of drug-likeness (QED) is 0.0829. The highest BCUT2D eigenvalue weighted by molar-refractivity contribution is 7.09. The van der Waals surface area contributed by atoms with Crippen molar-refractivity contribution in [2.45, 2.75) is 217 Å². The molecule has 0 spiro atoms. The number of aryl methyl sites for hydroxylation is 2. The third-order valence-electron chi connectivity index (χ3n) is 17.3. The van der Waals surface area contributed by atoms with Gasteiger partial charge >= 0.3 is 0 Å². The van der Waals surface area contributed by atoms with Crippen molar-refractivity contribution >= 4 is 22.9 Å². The molecule has 8 aromatic heterocycles. The SMILES string of the molecule is C=C(c1cc(C(C)(C)C)on1)N1CCOCC1.CC(C)c1cccc(F)c1.CC(C)c1cccnc1.CC(C)c1cnn(CCN2CCOCC2)c1.CC(C)c1cnn(Cc2ccccc2)c1.CC(C)c1nccs1.CC(C)n1cnc(CN(C)C)n1.CN(C)C(=O)c1cc(C(C)(C)C)on1.Cc1cn(C)nc1C(C)C. The maximum Gasteiger partial charge on any atom is 0.275 e. The van der Waals surface area contributed by atoms with Gasteiger partial charge in [0, 0.05) is 131 Å². The minimum Gasteiger partial charge on any atom is -0.379 e. The van der Waals surface area contributed by atoms with E-state index in [1.165, 1.54) is 49.5 Å². The molecule has 2 aromatic carbocycles. The van der Waals surface area contributed by atoms with Gasteiger partial charge in [-0.1, -0.05) is 190 Å². The van der Waals surface area contributed by atoms with Gasteiger partial charge in [0.05, 0.1) is 74.9 Å². The molecule has 0 N–H and O–H groups in total. The molecule has 22 nitrogen and oxygen atoms in total. The Morgan fingerprint density at radius 1 is 0.595 bits per heavy atom. The van der Waals surface area contributed by atoms with Crippen molar-refractivity contribution in [3.63, 3.8) is 0 Å². The zero-order chi connectivity index (χ0) is 82.5. The maximum atomic E-state index is 12.5. The van der Waals surface area contributed by atoms with E-state index in [-0.39, 0.29) is 22.6 Å². The lowest BCUT2D eigenvalue weighted by Gasteiger charge is -2.29. The molecule has 1 amide bonds. The van der Waals surface area contributed by atoms with E-state index in [0.717, 1.165) is 113 Å². The van der Waals surface area contributed by atoms with Crippen LogP contribution in [0.15, 0.2) is 156 Å². The molecule has 2 fully saturated rings. The van der Waals surface area contributed by atoms with E-state index in [9.17, 15) is 9.18 Å². The predicted molar refractivity (Wildman–Crippen MR) is 450 cm³/mol. The van der Waals surface area contributed by atoms with Crippen LogP contribution in [0, 0.1) is 12.7 Å². The number of thiazole rings is 1. The Morgan fingerprint density at radius 2 is 1.14 bits per heavy atom. The van der Waals surface area contributed by atoms with Crippen LogP contribution in [0.1, 0.15) is 258 Å². The summed E-state index contributed by atoms with van der Waals surface area (Å²) in [5, 5.41) is 28.4. The lowest BCUT2D eigenvalue weighted by atomic mass is 9.93. The number of carbonyl (C=O) groups is 1. The highest BCUT2D eigenvalue weighted by atomic mass is 32.1. The van der Waals surface area contributed by atoms with Crippen molar-refractivity contribution in [2.75, 3.05) is 87.3 Å². The summed E-state index contributed by atoms with van der Waals surface area (Å²) in [4.78, 5) is 32.0. The highest BCUT2D eigenvalue weighted by Crippen LogP contribution is 2.28. The van der Waals surface area contributed by atoms with Crippen LogP contribution in [-0.4, -0.2) is 177 Å². The van der Waals surface area contributed by atoms with Crippen molar-refractivity contribution in [3.8, 4) is 0 Å². The molecule has 0 radical (unpaired) electrons. The molecule has 0 saturated carbocycles. The fourth-order valence-corrected chi connectivity index (χ4v) is 11.0. The van der Waals surface area contributed by atoms with Crippen LogP contribution in [-0.2, 0) is 47.0 Å². The zero-order valence-electron chi connectivity index (χ0n) is 71.9. The van der Waals surface area contributed by atoms with Crippen molar-refractivity contribution in [1.29, 1.82) is 0 Å². The topological polar surface area (TPSA) is 210 Å². The average Bonchev–Trinajstić information content (AvgIpc) is 1.71. The van der Waals surface area contributed by atoms with E-state index in [0.29, 0.717) is 47.2 Å². The van der Waals surface area contributed by atoms with E-state index < -0.39 is 0 Å². The molecule has 24 heteroatoms. The van der Waals surface area contributed by atoms with Gasteiger partial charge in [-0.05, 0) is 116 Å². The van der Waals surface area contributed by atoms with E-state index in [2.05, 4.69) is 240 Å². The van der Waals surface area contributed by atoms with Gasteiger partial charge in [-0.2, -0.15) is 20.4 Å². The van der Waals surface area contributed by atoms with Gasteiger partial charge in [-0.25, -0.2) is 14.4 Å². The molecule has 10 heterocycles. The molecule has 111 heavy (non-hydrogen) atoms. The summed E-state index contributed by atoms with van der Waals surface area (Å²) in [5.74, 6) is 5.48. The lowest BCUT2D eigenvalue weighted by molar-refractivity contribution is 0.0359. The lowest BCUT2D eigenvalue weighted by Crippen LogP contribution is -2.38. The molecule has 0 unspecified atom stereocenters. The number of ether oxygens (including phenoxy) is 2. The van der Waals surface area contributed by atoms with Crippen LogP contribution in [0.4, 0.5) is 4.39 Å². The second-order valence-electron chi connectivity index (χ2n) is 32.3. The molecule has 0 aliphatic carbocycles. The van der Waals surface area contributed by atoms with Crippen molar-refractivity contribution in [3.05, 3.63) is 225 Å². The van der Waals surface area contributed by atoms with Gasteiger partial charge in [0.2, 0.25) is 0 Å². The van der Waals surface area contributed by atoms with Crippen LogP contribution < -0.4 is 0 Å². The number of hydrogen-bond donors (Lipinski definition) is 0. The van der Waals surface area contributed by atoms with Crippen molar-refractivity contribution in [2.24, 2.45) is 7.05 Å². The summed E-state index contributed by atoms with van der Waals surface area (Å²) in [6.45, 7) is 59.4. The Morgan fingerprint density at radius 3 is 1.56 bits per heavy atom. The number of nitrogens with zero attached hydrogens (tertiary/aromatic N) is 17. The maximum absolute atomic E-state index is 12.5. The molecule has 12 rings (SSSR count). The Balaban J connectivity index is 0.000000266. The molecule has 2 aliphatic heterocycles. The van der Waals surface area contributed by atoms with Gasteiger partial charge in [-0.15, -0.1) is 11.3 Å². The fourth-order valence-electron chi connectivity index (χ4n) is 10.3. The van der Waals surface area contributed by atoms with Gasteiger partial charge in [-0.3, -0.25) is 33.4 Å². The molecule has 0 bridgehead atoms. The minimum absolute atomic E-state index is 0.0173. The minimum atomic E-state index is -0.147. The third kappa shape index (κ3) is 36.0. The van der Waals surface area contributed by atoms with E-state index >= 15 is 0 Å². The number of morpholine rings is 2. The number of benzene rings is 2. The van der Waals surface area contributed by atoms with Crippen molar-refractivity contribution in [1.82, 2.24) is 84.0 Å². The summed E-state index contributed by atoms with van der Waals surface area (Å²) in [6, 6.07) is 25.2. The van der Waals surface area contributed by atoms with Crippen LogP contribution >= 0.6 is 11.3 Å². The molecule has 2 aliphatic rings. The molecular weight excluding hydrogens is 1410 g/mol. The Hall–Kier alpha value is -8.81. The summed E-state index contributed by atoms with van der Waals surface area (Å²) < 4.78 is 41.4. The number of aromatic nitrogens is 13. The van der Waals surface area contributed by atoms with Crippen LogP contribution in [0.3, 0.4) is 0 Å². The second kappa shape index (κ2) is 48.2. The highest BCUT2D eigenvalue weighted by Gasteiger charge is 2.25. The normalized spacial score (nSPS) is 12.9. The van der Waals surface area contributed by atoms with E-state index in [1.807, 2.05) is 115 Å². The first kappa shape index (κ1) is 94.6. The molecular formula is C87H134FN17O5S. The first-order valence-corrected chi connectivity index (χ1v) is 39.9. The predicted octanol–water partition coefficient (Wildman–Crippen LogP) is 18.5. The zero-order valence-corrected chi connectivity index (χ0v) is 72.8. The summed E-state index contributed by atoms with van der Waals surface area (Å²) in [5.41, 5.74) is 10.7. The van der Waals surface area contributed by atoms with Gasteiger partial charge < -0.3 is 33.2 Å². The first-order chi connectivity index (χ1) is 52.3. The first-order valence-electron chi connectivity index (χ1n) is 39.0. The van der Waals surface area contributed by atoms with E-state index in [1.54, 1.807) is 56.2 Å². The Labute approximate surface area is 668 Å².